The van der Waals surface area contributed by atoms with Crippen LogP contribution in [-0.2, 0) is 17.9 Å². The van der Waals surface area contributed by atoms with Gasteiger partial charge in [0.1, 0.15) is 0 Å². The van der Waals surface area contributed by atoms with Gasteiger partial charge in [-0.05, 0) is 12.5 Å². The third-order valence-corrected chi connectivity index (χ3v) is 5.27. The van der Waals surface area contributed by atoms with Gasteiger partial charge in [-0.3, -0.25) is 0 Å². The van der Waals surface area contributed by atoms with Crippen LogP contribution in [0.4, 0.5) is 5.13 Å². The van der Waals surface area contributed by atoms with Crippen LogP contribution in [0.1, 0.15) is 24.4 Å². The lowest BCUT2D eigenvalue weighted by atomic mass is 10.2. The lowest BCUT2D eigenvalue weighted by Crippen LogP contribution is -2.32. The van der Waals surface area contributed by atoms with Crippen molar-refractivity contribution in [2.45, 2.75) is 27.0 Å². The molecule has 1 aromatic rings. The van der Waals surface area contributed by atoms with E-state index in [-0.39, 0.29) is 0 Å². The number of ether oxygens (including phenoxy) is 1. The Bertz CT molecular complexity index is 403. The number of hydrogen-bond donors (Lipinski definition) is 1. The summed E-state index contributed by atoms with van der Waals surface area (Å²) in [6.07, 6.45) is 0. The average Bonchev–Trinajstić information content (AvgIpc) is 2.83. The SMILES string of the molecule is COCc1nc(N2CCSCC2)sc1CNCC(C)C. The quantitative estimate of drug-likeness (QED) is 0.837. The molecule has 1 aliphatic heterocycles. The van der Waals surface area contributed by atoms with Gasteiger partial charge in [0.25, 0.3) is 0 Å². The standard InChI is InChI=1S/C14H25N3OS2/c1-11(2)8-15-9-13-12(10-18-3)16-14(20-13)17-4-6-19-7-5-17/h11,15H,4-10H2,1-3H3. The molecule has 1 saturated heterocycles. The lowest BCUT2D eigenvalue weighted by Gasteiger charge is -2.25. The molecule has 0 aliphatic carbocycles. The lowest BCUT2D eigenvalue weighted by molar-refractivity contribution is 0.181. The maximum absolute atomic E-state index is 5.29. The molecule has 0 spiro atoms. The van der Waals surface area contributed by atoms with Gasteiger partial charge >= 0.3 is 0 Å². The minimum atomic E-state index is 0.609. The molecule has 1 aliphatic rings. The van der Waals surface area contributed by atoms with Crippen LogP contribution in [0.3, 0.4) is 0 Å². The fourth-order valence-corrected chi connectivity index (χ4v) is 4.11. The Morgan fingerprint density at radius 2 is 2.10 bits per heavy atom. The highest BCUT2D eigenvalue weighted by atomic mass is 32.2. The molecule has 1 N–H and O–H groups in total. The summed E-state index contributed by atoms with van der Waals surface area (Å²) >= 11 is 3.85. The number of methoxy groups -OCH3 is 1. The van der Waals surface area contributed by atoms with E-state index in [1.54, 1.807) is 7.11 Å². The van der Waals surface area contributed by atoms with Crippen molar-refractivity contribution < 1.29 is 4.74 Å². The first-order chi connectivity index (χ1) is 9.70. The van der Waals surface area contributed by atoms with Crippen molar-refractivity contribution in [3.63, 3.8) is 0 Å². The summed E-state index contributed by atoms with van der Waals surface area (Å²) in [7, 11) is 1.74. The highest BCUT2D eigenvalue weighted by molar-refractivity contribution is 7.99. The molecule has 20 heavy (non-hydrogen) atoms. The Balaban J connectivity index is 2.02. The Morgan fingerprint density at radius 3 is 2.75 bits per heavy atom. The zero-order valence-electron chi connectivity index (χ0n) is 12.6. The van der Waals surface area contributed by atoms with Crippen LogP contribution in [0.2, 0.25) is 0 Å². The summed E-state index contributed by atoms with van der Waals surface area (Å²) in [4.78, 5) is 8.52. The summed E-state index contributed by atoms with van der Waals surface area (Å²) in [5.41, 5.74) is 1.10. The minimum Gasteiger partial charge on any atom is -0.378 e. The normalized spacial score (nSPS) is 16.1. The van der Waals surface area contributed by atoms with Crippen LogP contribution in [-0.4, -0.2) is 43.2 Å². The van der Waals surface area contributed by atoms with E-state index >= 15 is 0 Å². The summed E-state index contributed by atoms with van der Waals surface area (Å²) in [6, 6.07) is 0. The maximum Gasteiger partial charge on any atom is 0.185 e. The first kappa shape index (κ1) is 16.1. The number of rotatable bonds is 7. The third-order valence-electron chi connectivity index (χ3n) is 3.17. The molecular weight excluding hydrogens is 290 g/mol. The van der Waals surface area contributed by atoms with E-state index in [0.717, 1.165) is 31.9 Å². The van der Waals surface area contributed by atoms with Crippen molar-refractivity contribution >= 4 is 28.2 Å². The molecule has 0 atom stereocenters. The third kappa shape index (κ3) is 4.62. The van der Waals surface area contributed by atoms with E-state index in [9.17, 15) is 0 Å². The van der Waals surface area contributed by atoms with Crippen LogP contribution < -0.4 is 10.2 Å². The predicted molar refractivity (Wildman–Crippen MR) is 88.9 cm³/mol. The van der Waals surface area contributed by atoms with Crippen molar-refractivity contribution in [2.75, 3.05) is 43.1 Å². The molecule has 0 amide bonds. The van der Waals surface area contributed by atoms with E-state index in [1.165, 1.54) is 21.5 Å². The summed E-state index contributed by atoms with van der Waals surface area (Å²) in [5.74, 6) is 3.09. The van der Waals surface area contributed by atoms with Gasteiger partial charge in [-0.2, -0.15) is 11.8 Å². The van der Waals surface area contributed by atoms with E-state index in [1.807, 2.05) is 23.1 Å². The van der Waals surface area contributed by atoms with Crippen LogP contribution >= 0.6 is 23.1 Å². The Kier molecular flexibility index (Phi) is 6.61. The first-order valence-corrected chi connectivity index (χ1v) is 9.18. The van der Waals surface area contributed by atoms with Crippen LogP contribution in [0, 0.1) is 5.92 Å². The van der Waals surface area contributed by atoms with Gasteiger partial charge in [-0.1, -0.05) is 13.8 Å². The second kappa shape index (κ2) is 8.22. The van der Waals surface area contributed by atoms with Gasteiger partial charge in [0.05, 0.1) is 12.3 Å². The van der Waals surface area contributed by atoms with Gasteiger partial charge in [-0.25, -0.2) is 4.98 Å². The van der Waals surface area contributed by atoms with E-state index in [4.69, 9.17) is 9.72 Å². The Morgan fingerprint density at radius 1 is 1.35 bits per heavy atom. The van der Waals surface area contributed by atoms with Gasteiger partial charge in [-0.15, -0.1) is 11.3 Å². The number of anilines is 1. The molecule has 0 bridgehead atoms. The molecule has 0 saturated carbocycles. The van der Waals surface area contributed by atoms with E-state index < -0.39 is 0 Å². The fourth-order valence-electron chi connectivity index (χ4n) is 2.12. The van der Waals surface area contributed by atoms with Crippen LogP contribution in [0.5, 0.6) is 0 Å². The van der Waals surface area contributed by atoms with Crippen molar-refractivity contribution in [2.24, 2.45) is 5.92 Å². The number of thiazole rings is 1. The second-order valence-electron chi connectivity index (χ2n) is 5.42. The number of aromatic nitrogens is 1. The predicted octanol–water partition coefficient (Wildman–Crippen LogP) is 2.59. The molecule has 0 aromatic carbocycles. The minimum absolute atomic E-state index is 0.609. The van der Waals surface area contributed by atoms with Crippen molar-refractivity contribution in [1.29, 1.82) is 0 Å². The van der Waals surface area contributed by atoms with E-state index in [2.05, 4.69) is 24.1 Å². The van der Waals surface area contributed by atoms with Gasteiger partial charge in [0.2, 0.25) is 0 Å². The Hall–Kier alpha value is -0.300. The molecule has 0 unspecified atom stereocenters. The monoisotopic (exact) mass is 315 g/mol. The van der Waals surface area contributed by atoms with Crippen LogP contribution in [0.15, 0.2) is 0 Å². The number of nitrogens with one attached hydrogen (secondary N) is 1. The molecule has 0 radical (unpaired) electrons. The largest absolute Gasteiger partial charge is 0.378 e. The van der Waals surface area contributed by atoms with Crippen molar-refractivity contribution in [1.82, 2.24) is 10.3 Å². The number of thioether (sulfide) groups is 1. The smallest absolute Gasteiger partial charge is 0.185 e. The molecule has 2 heterocycles. The zero-order chi connectivity index (χ0) is 14.4. The fraction of sp³-hybridized carbons (Fsp3) is 0.786. The topological polar surface area (TPSA) is 37.4 Å². The van der Waals surface area contributed by atoms with Crippen molar-refractivity contribution in [3.8, 4) is 0 Å². The molecule has 6 heteroatoms. The molecule has 4 nitrogen and oxygen atoms in total. The first-order valence-electron chi connectivity index (χ1n) is 7.21. The summed E-state index contributed by atoms with van der Waals surface area (Å²) in [6.45, 7) is 9.24. The summed E-state index contributed by atoms with van der Waals surface area (Å²) < 4.78 is 5.29. The highest BCUT2D eigenvalue weighted by Gasteiger charge is 2.18. The van der Waals surface area contributed by atoms with Crippen molar-refractivity contribution in [3.05, 3.63) is 10.6 Å². The molecule has 1 aromatic heterocycles. The highest BCUT2D eigenvalue weighted by Crippen LogP contribution is 2.28. The molecule has 114 valence electrons. The summed E-state index contributed by atoms with van der Waals surface area (Å²) in [5, 5.41) is 4.67. The molecule has 2 rings (SSSR count). The Labute approximate surface area is 130 Å². The van der Waals surface area contributed by atoms with Gasteiger partial charge in [0.15, 0.2) is 5.13 Å². The average molecular weight is 316 g/mol. The van der Waals surface area contributed by atoms with Crippen LogP contribution in [0.25, 0.3) is 0 Å². The van der Waals surface area contributed by atoms with E-state index in [0.29, 0.717) is 12.5 Å². The molecular formula is C14H25N3OS2. The maximum atomic E-state index is 5.29. The molecule has 1 fully saturated rings. The van der Waals surface area contributed by atoms with Gasteiger partial charge < -0.3 is 15.0 Å². The zero-order valence-corrected chi connectivity index (χ0v) is 14.3. The number of nitrogens with zero attached hydrogens (tertiary/aromatic N) is 2. The second-order valence-corrected chi connectivity index (χ2v) is 7.71. The number of hydrogen-bond acceptors (Lipinski definition) is 6. The van der Waals surface area contributed by atoms with Gasteiger partial charge in [0, 0.05) is 43.1 Å².